The molecule has 0 aliphatic carbocycles. The molecule has 0 bridgehead atoms. The molecular weight excluding hydrogens is 278 g/mol. The number of likely N-dealkylation sites (tertiary alicyclic amines) is 1. The number of methoxy groups -OCH3 is 1. The lowest BCUT2D eigenvalue weighted by molar-refractivity contribution is 0.0600. The first-order valence-corrected chi connectivity index (χ1v) is 7.82. The van der Waals surface area contributed by atoms with E-state index in [2.05, 4.69) is 15.5 Å². The summed E-state index contributed by atoms with van der Waals surface area (Å²) in [5.41, 5.74) is 3.80. The van der Waals surface area contributed by atoms with E-state index in [-0.39, 0.29) is 12.1 Å². The van der Waals surface area contributed by atoms with Gasteiger partial charge in [-0.3, -0.25) is 0 Å². The zero-order valence-electron chi connectivity index (χ0n) is 13.2. The Kier molecular flexibility index (Phi) is 4.34. The van der Waals surface area contributed by atoms with Crippen LogP contribution < -0.4 is 10.6 Å². The molecule has 5 heteroatoms. The molecule has 0 amide bonds. The van der Waals surface area contributed by atoms with Crippen molar-refractivity contribution in [3.8, 4) is 0 Å². The van der Waals surface area contributed by atoms with Gasteiger partial charge in [-0.1, -0.05) is 6.07 Å². The Morgan fingerprint density at radius 3 is 2.91 bits per heavy atom. The second-order valence-corrected chi connectivity index (χ2v) is 5.93. The van der Waals surface area contributed by atoms with Crippen LogP contribution in [0.15, 0.2) is 24.4 Å². The third-order valence-corrected chi connectivity index (χ3v) is 4.39. The van der Waals surface area contributed by atoms with Gasteiger partial charge in [-0.25, -0.2) is 4.79 Å². The molecule has 1 aromatic rings. The van der Waals surface area contributed by atoms with E-state index in [9.17, 15) is 4.79 Å². The molecule has 0 aromatic heterocycles. The molecule has 2 aliphatic heterocycles. The highest BCUT2D eigenvalue weighted by atomic mass is 16.5. The number of esters is 1. The first-order chi connectivity index (χ1) is 10.7. The lowest BCUT2D eigenvalue weighted by Crippen LogP contribution is -2.42. The normalized spacial score (nSPS) is 20.6. The maximum Gasteiger partial charge on any atom is 0.337 e. The van der Waals surface area contributed by atoms with Crippen LogP contribution in [0.4, 0.5) is 0 Å². The summed E-state index contributed by atoms with van der Waals surface area (Å²) in [5.74, 6) is -0.304. The smallest absolute Gasteiger partial charge is 0.337 e. The second-order valence-electron chi connectivity index (χ2n) is 5.93. The standard InChI is InChI=1S/C17H23N3O2/c1-12-4-5-13(17(21)22-2)10-14(12)15-11-18-16(19-15)6-9-20-7-3-8-20/h4-5,10-11,16,18-19H,3,6-9H2,1-2H3. The Morgan fingerprint density at radius 2 is 2.23 bits per heavy atom. The zero-order chi connectivity index (χ0) is 15.5. The van der Waals surface area contributed by atoms with Gasteiger partial charge in [0.1, 0.15) is 0 Å². The largest absolute Gasteiger partial charge is 0.465 e. The van der Waals surface area contributed by atoms with Crippen LogP contribution in [0.3, 0.4) is 0 Å². The topological polar surface area (TPSA) is 53.6 Å². The summed E-state index contributed by atoms with van der Waals surface area (Å²) in [6.45, 7) is 5.62. The molecule has 3 rings (SSSR count). The van der Waals surface area contributed by atoms with Crippen molar-refractivity contribution < 1.29 is 9.53 Å². The first-order valence-electron chi connectivity index (χ1n) is 7.82. The van der Waals surface area contributed by atoms with Gasteiger partial charge in [-0.15, -0.1) is 0 Å². The van der Waals surface area contributed by atoms with Crippen molar-refractivity contribution in [3.63, 3.8) is 0 Å². The number of hydrogen-bond acceptors (Lipinski definition) is 5. The number of nitrogens with one attached hydrogen (secondary N) is 2. The number of carbonyl (C=O) groups is 1. The Morgan fingerprint density at radius 1 is 1.41 bits per heavy atom. The second kappa shape index (κ2) is 6.40. The van der Waals surface area contributed by atoms with Crippen LogP contribution in [-0.4, -0.2) is 43.8 Å². The number of nitrogens with zero attached hydrogens (tertiary/aromatic N) is 1. The van der Waals surface area contributed by atoms with Gasteiger partial charge in [0, 0.05) is 18.3 Å². The zero-order valence-corrected chi connectivity index (χ0v) is 13.2. The van der Waals surface area contributed by atoms with Crippen LogP contribution in [-0.2, 0) is 4.74 Å². The third-order valence-electron chi connectivity index (χ3n) is 4.39. The van der Waals surface area contributed by atoms with Gasteiger partial charge in [0.05, 0.1) is 24.5 Å². The van der Waals surface area contributed by atoms with Crippen molar-refractivity contribution in [1.29, 1.82) is 0 Å². The molecule has 0 spiro atoms. The van der Waals surface area contributed by atoms with E-state index < -0.39 is 0 Å². The fourth-order valence-electron chi connectivity index (χ4n) is 2.84. The first kappa shape index (κ1) is 14.9. The SMILES string of the molecule is COC(=O)c1ccc(C)c(C2=CNC(CCN3CCC3)N2)c1. The van der Waals surface area contributed by atoms with E-state index in [1.807, 2.05) is 25.3 Å². The number of ether oxygens (including phenoxy) is 1. The molecule has 22 heavy (non-hydrogen) atoms. The minimum Gasteiger partial charge on any atom is -0.465 e. The number of benzene rings is 1. The highest BCUT2D eigenvalue weighted by Gasteiger charge is 2.21. The summed E-state index contributed by atoms with van der Waals surface area (Å²) in [5, 5.41) is 6.89. The molecule has 118 valence electrons. The molecule has 0 radical (unpaired) electrons. The van der Waals surface area contributed by atoms with Gasteiger partial charge in [0.15, 0.2) is 0 Å². The highest BCUT2D eigenvalue weighted by Crippen LogP contribution is 2.22. The van der Waals surface area contributed by atoms with Crippen LogP contribution in [0.5, 0.6) is 0 Å². The number of carbonyl (C=O) groups excluding carboxylic acids is 1. The summed E-state index contributed by atoms with van der Waals surface area (Å²) in [4.78, 5) is 14.2. The molecule has 1 atom stereocenters. The Bertz CT molecular complexity index is 594. The molecule has 1 saturated heterocycles. The van der Waals surface area contributed by atoms with Crippen molar-refractivity contribution in [2.24, 2.45) is 0 Å². The number of rotatable bonds is 5. The van der Waals surface area contributed by atoms with E-state index >= 15 is 0 Å². The van der Waals surface area contributed by atoms with Gasteiger partial charge in [0.2, 0.25) is 0 Å². The van der Waals surface area contributed by atoms with Crippen molar-refractivity contribution in [2.75, 3.05) is 26.7 Å². The van der Waals surface area contributed by atoms with Crippen LogP contribution in [0.2, 0.25) is 0 Å². The average Bonchev–Trinajstić information content (AvgIpc) is 2.94. The molecule has 1 unspecified atom stereocenters. The highest BCUT2D eigenvalue weighted by molar-refractivity contribution is 5.90. The van der Waals surface area contributed by atoms with Gasteiger partial charge in [-0.05, 0) is 50.6 Å². The summed E-state index contributed by atoms with van der Waals surface area (Å²) < 4.78 is 4.80. The molecule has 0 saturated carbocycles. The lowest BCUT2D eigenvalue weighted by Gasteiger charge is -2.31. The number of hydrogen-bond donors (Lipinski definition) is 2. The molecular formula is C17H23N3O2. The fourth-order valence-corrected chi connectivity index (χ4v) is 2.84. The Labute approximate surface area is 131 Å². The molecule has 1 fully saturated rings. The monoisotopic (exact) mass is 301 g/mol. The van der Waals surface area contributed by atoms with Crippen molar-refractivity contribution in [2.45, 2.75) is 25.9 Å². The summed E-state index contributed by atoms with van der Waals surface area (Å²) in [6.07, 6.45) is 4.66. The maximum absolute atomic E-state index is 11.7. The fraction of sp³-hybridized carbons (Fsp3) is 0.471. The minimum atomic E-state index is -0.304. The van der Waals surface area contributed by atoms with E-state index in [0.29, 0.717) is 5.56 Å². The quantitative estimate of drug-likeness (QED) is 0.811. The van der Waals surface area contributed by atoms with Crippen LogP contribution in [0, 0.1) is 6.92 Å². The van der Waals surface area contributed by atoms with E-state index in [1.54, 1.807) is 6.07 Å². The Balaban J connectivity index is 1.65. The summed E-state index contributed by atoms with van der Waals surface area (Å²) in [7, 11) is 1.41. The van der Waals surface area contributed by atoms with E-state index in [0.717, 1.165) is 29.8 Å². The maximum atomic E-state index is 11.7. The molecule has 5 nitrogen and oxygen atoms in total. The van der Waals surface area contributed by atoms with E-state index in [1.165, 1.54) is 26.6 Å². The minimum absolute atomic E-state index is 0.261. The van der Waals surface area contributed by atoms with Gasteiger partial charge < -0.3 is 20.3 Å². The third kappa shape index (κ3) is 3.09. The van der Waals surface area contributed by atoms with Crippen molar-refractivity contribution in [3.05, 3.63) is 41.1 Å². The van der Waals surface area contributed by atoms with Crippen molar-refractivity contribution in [1.82, 2.24) is 15.5 Å². The van der Waals surface area contributed by atoms with Crippen LogP contribution in [0.1, 0.15) is 34.3 Å². The van der Waals surface area contributed by atoms with Crippen molar-refractivity contribution >= 4 is 11.7 Å². The van der Waals surface area contributed by atoms with Crippen LogP contribution in [0.25, 0.3) is 5.70 Å². The molecule has 2 N–H and O–H groups in total. The van der Waals surface area contributed by atoms with E-state index in [4.69, 9.17) is 4.74 Å². The van der Waals surface area contributed by atoms with Gasteiger partial charge >= 0.3 is 5.97 Å². The predicted octanol–water partition coefficient (Wildman–Crippen LogP) is 1.69. The molecule has 2 aliphatic rings. The molecule has 1 aromatic carbocycles. The average molecular weight is 301 g/mol. The van der Waals surface area contributed by atoms with Gasteiger partial charge in [-0.2, -0.15) is 0 Å². The summed E-state index contributed by atoms with van der Waals surface area (Å²) in [6, 6.07) is 5.64. The predicted molar refractivity (Wildman–Crippen MR) is 86.2 cm³/mol. The van der Waals surface area contributed by atoms with Gasteiger partial charge in [0.25, 0.3) is 0 Å². The lowest BCUT2D eigenvalue weighted by atomic mass is 10.0. The molecule has 2 heterocycles. The number of aryl methyl sites for hydroxylation is 1. The van der Waals surface area contributed by atoms with Crippen LogP contribution >= 0.6 is 0 Å². The Hall–Kier alpha value is -2.01. The summed E-state index contributed by atoms with van der Waals surface area (Å²) >= 11 is 0.